The summed E-state index contributed by atoms with van der Waals surface area (Å²) < 4.78 is 10.7. The average molecular weight is 261 g/mol. The zero-order valence-corrected chi connectivity index (χ0v) is 9.29. The van der Waals surface area contributed by atoms with Crippen molar-refractivity contribution in [2.24, 2.45) is 0 Å². The number of benzene rings is 1. The number of methoxy groups -OCH3 is 2. The molecule has 1 aromatic carbocycles. The van der Waals surface area contributed by atoms with Gasteiger partial charge in [0.15, 0.2) is 11.5 Å². The van der Waals surface area contributed by atoms with E-state index in [0.29, 0.717) is 10.2 Å². The topological polar surface area (TPSA) is 55.8 Å². The molecule has 0 aliphatic carbocycles. The normalized spacial score (nSPS) is 9.64. The van der Waals surface area contributed by atoms with Crippen LogP contribution in [-0.4, -0.2) is 25.3 Å². The minimum atomic E-state index is -1.05. The second kappa shape index (κ2) is 4.32. The zero-order valence-electron chi connectivity index (χ0n) is 7.70. The monoisotopic (exact) mass is 260 g/mol. The van der Waals surface area contributed by atoms with Crippen LogP contribution in [0.2, 0.25) is 0 Å². The molecule has 0 bridgehead atoms. The summed E-state index contributed by atoms with van der Waals surface area (Å²) in [4.78, 5) is 10.8. The molecule has 0 amide bonds. The second-order valence-corrected chi connectivity index (χ2v) is 3.32. The molecule has 14 heavy (non-hydrogen) atoms. The van der Waals surface area contributed by atoms with Crippen LogP contribution >= 0.6 is 15.9 Å². The Kier molecular flexibility index (Phi) is 3.35. The van der Waals surface area contributed by atoms with Crippen LogP contribution in [0.4, 0.5) is 0 Å². The molecule has 0 unspecified atom stereocenters. The number of carboxylic acid groups (broad SMARTS) is 1. The molecule has 4 nitrogen and oxygen atoms in total. The van der Waals surface area contributed by atoms with Gasteiger partial charge in [0, 0.05) is 0 Å². The highest BCUT2D eigenvalue weighted by molar-refractivity contribution is 9.10. The van der Waals surface area contributed by atoms with E-state index in [-0.39, 0.29) is 11.3 Å². The molecule has 5 heteroatoms. The first kappa shape index (κ1) is 10.8. The summed E-state index contributed by atoms with van der Waals surface area (Å²) in [6.45, 7) is 0. The van der Waals surface area contributed by atoms with Gasteiger partial charge in [0.25, 0.3) is 0 Å². The maximum Gasteiger partial charge on any atom is 0.339 e. The minimum absolute atomic E-state index is 0.0764. The molecule has 0 heterocycles. The van der Waals surface area contributed by atoms with Crippen LogP contribution in [-0.2, 0) is 0 Å². The van der Waals surface area contributed by atoms with Crippen molar-refractivity contribution in [3.8, 4) is 11.5 Å². The Labute approximate surface area is 89.6 Å². The summed E-state index contributed by atoms with van der Waals surface area (Å²) in [7, 11) is 2.85. The maximum atomic E-state index is 10.8. The third-order valence-electron chi connectivity index (χ3n) is 1.70. The second-order valence-electron chi connectivity index (χ2n) is 2.47. The fraction of sp³-hybridized carbons (Fsp3) is 0.222. The van der Waals surface area contributed by atoms with Crippen molar-refractivity contribution in [2.45, 2.75) is 0 Å². The first-order chi connectivity index (χ1) is 6.61. The van der Waals surface area contributed by atoms with Gasteiger partial charge in [0.1, 0.15) is 5.56 Å². The lowest BCUT2D eigenvalue weighted by Crippen LogP contribution is -2.02. The summed E-state index contributed by atoms with van der Waals surface area (Å²) in [5, 5.41) is 8.86. The van der Waals surface area contributed by atoms with Crippen molar-refractivity contribution in [3.05, 3.63) is 22.2 Å². The summed E-state index contributed by atoms with van der Waals surface area (Å²) in [6, 6.07) is 3.05. The molecule has 1 aromatic rings. The Balaban J connectivity index is 3.40. The number of ether oxygens (including phenoxy) is 2. The summed E-state index contributed by atoms with van der Waals surface area (Å²) >= 11 is 3.23. The Hall–Kier alpha value is -1.23. The fourth-order valence-corrected chi connectivity index (χ4v) is 1.57. The van der Waals surface area contributed by atoms with E-state index in [1.807, 2.05) is 0 Å². The summed E-state index contributed by atoms with van der Waals surface area (Å²) in [5.74, 6) is -0.450. The van der Waals surface area contributed by atoms with Crippen LogP contribution in [0.1, 0.15) is 10.4 Å². The molecule has 1 N–H and O–H groups in total. The van der Waals surface area contributed by atoms with Gasteiger partial charge in [-0.25, -0.2) is 4.79 Å². The van der Waals surface area contributed by atoms with E-state index in [9.17, 15) is 4.79 Å². The van der Waals surface area contributed by atoms with Crippen molar-refractivity contribution in [1.82, 2.24) is 0 Å². The number of rotatable bonds is 3. The van der Waals surface area contributed by atoms with E-state index in [2.05, 4.69) is 15.9 Å². The third kappa shape index (κ3) is 1.82. The smallest absolute Gasteiger partial charge is 0.339 e. The molecule has 0 saturated carbocycles. The Morgan fingerprint density at radius 3 is 2.29 bits per heavy atom. The fourth-order valence-electron chi connectivity index (χ4n) is 1.10. The van der Waals surface area contributed by atoms with Crippen LogP contribution in [0.3, 0.4) is 0 Å². The van der Waals surface area contributed by atoms with Gasteiger partial charge in [-0.1, -0.05) is 0 Å². The number of halogens is 1. The molecular formula is C9H9BrO4. The average Bonchev–Trinajstić information content (AvgIpc) is 2.16. The highest BCUT2D eigenvalue weighted by Crippen LogP contribution is 2.37. The maximum absolute atomic E-state index is 10.8. The van der Waals surface area contributed by atoms with Crippen LogP contribution in [0.5, 0.6) is 11.5 Å². The molecule has 1 rings (SSSR count). The molecule has 0 saturated heterocycles. The lowest BCUT2D eigenvalue weighted by Gasteiger charge is -2.11. The van der Waals surface area contributed by atoms with Crippen molar-refractivity contribution in [3.63, 3.8) is 0 Å². The molecule has 0 radical (unpaired) electrons. The predicted octanol–water partition coefficient (Wildman–Crippen LogP) is 2.16. The highest BCUT2D eigenvalue weighted by Gasteiger charge is 2.17. The lowest BCUT2D eigenvalue weighted by atomic mass is 10.2. The van der Waals surface area contributed by atoms with Gasteiger partial charge in [-0.2, -0.15) is 0 Å². The van der Waals surface area contributed by atoms with Gasteiger partial charge in [0.05, 0.1) is 18.7 Å². The molecule has 0 fully saturated rings. The predicted molar refractivity (Wildman–Crippen MR) is 54.2 cm³/mol. The van der Waals surface area contributed by atoms with Crippen molar-refractivity contribution in [1.29, 1.82) is 0 Å². The van der Waals surface area contributed by atoms with Crippen LogP contribution < -0.4 is 9.47 Å². The first-order valence-electron chi connectivity index (χ1n) is 3.75. The standard InChI is InChI=1S/C9H9BrO4/c1-13-7-5(9(11)12)3-4-6(10)8(7)14-2/h3-4H,1-2H3,(H,11,12). The van der Waals surface area contributed by atoms with Crippen molar-refractivity contribution >= 4 is 21.9 Å². The van der Waals surface area contributed by atoms with Gasteiger partial charge >= 0.3 is 5.97 Å². The van der Waals surface area contributed by atoms with Crippen LogP contribution in [0.25, 0.3) is 0 Å². The van der Waals surface area contributed by atoms with Crippen LogP contribution in [0, 0.1) is 0 Å². The van der Waals surface area contributed by atoms with E-state index in [1.54, 1.807) is 6.07 Å². The number of carbonyl (C=O) groups is 1. The largest absolute Gasteiger partial charge is 0.492 e. The number of hydrogen-bond donors (Lipinski definition) is 1. The minimum Gasteiger partial charge on any atom is -0.492 e. The number of hydrogen-bond acceptors (Lipinski definition) is 3. The molecule has 76 valence electrons. The van der Waals surface area contributed by atoms with Crippen molar-refractivity contribution in [2.75, 3.05) is 14.2 Å². The van der Waals surface area contributed by atoms with Gasteiger partial charge in [-0.05, 0) is 28.1 Å². The van der Waals surface area contributed by atoms with E-state index in [1.165, 1.54) is 20.3 Å². The zero-order chi connectivity index (χ0) is 10.7. The van der Waals surface area contributed by atoms with Crippen molar-refractivity contribution < 1.29 is 19.4 Å². The van der Waals surface area contributed by atoms with Gasteiger partial charge in [-0.15, -0.1) is 0 Å². The SMILES string of the molecule is COc1c(Br)ccc(C(=O)O)c1OC. The molecule has 0 aliphatic rings. The summed E-state index contributed by atoms with van der Waals surface area (Å²) in [6.07, 6.45) is 0. The molecule has 0 aromatic heterocycles. The van der Waals surface area contributed by atoms with E-state index in [4.69, 9.17) is 14.6 Å². The van der Waals surface area contributed by atoms with E-state index in [0.717, 1.165) is 0 Å². The number of aromatic carboxylic acids is 1. The van der Waals surface area contributed by atoms with Gasteiger partial charge in [0.2, 0.25) is 0 Å². The molecule has 0 spiro atoms. The third-order valence-corrected chi connectivity index (χ3v) is 2.33. The Bertz CT molecular complexity index is 362. The highest BCUT2D eigenvalue weighted by atomic mass is 79.9. The summed E-state index contributed by atoms with van der Waals surface area (Å²) in [5.41, 5.74) is 0.0764. The van der Waals surface area contributed by atoms with Gasteiger partial charge in [-0.3, -0.25) is 0 Å². The Morgan fingerprint density at radius 2 is 1.86 bits per heavy atom. The van der Waals surface area contributed by atoms with Gasteiger partial charge < -0.3 is 14.6 Å². The quantitative estimate of drug-likeness (QED) is 0.905. The Morgan fingerprint density at radius 1 is 1.29 bits per heavy atom. The van der Waals surface area contributed by atoms with E-state index < -0.39 is 5.97 Å². The molecule has 0 atom stereocenters. The lowest BCUT2D eigenvalue weighted by molar-refractivity contribution is 0.0692. The molecular weight excluding hydrogens is 252 g/mol. The first-order valence-corrected chi connectivity index (χ1v) is 4.55. The number of carboxylic acids is 1. The molecule has 0 aliphatic heterocycles. The van der Waals surface area contributed by atoms with E-state index >= 15 is 0 Å². The van der Waals surface area contributed by atoms with Crippen LogP contribution in [0.15, 0.2) is 16.6 Å².